The Bertz CT molecular complexity index is 281. The fraction of sp³-hybridized carbons (Fsp3) is 0.929. The van der Waals surface area contributed by atoms with Gasteiger partial charge in [0.1, 0.15) is 5.60 Å². The molecule has 0 aromatic rings. The molecule has 1 rings (SSSR count). The van der Waals surface area contributed by atoms with E-state index in [0.29, 0.717) is 6.54 Å². The van der Waals surface area contributed by atoms with Crippen molar-refractivity contribution in [3.63, 3.8) is 0 Å². The minimum atomic E-state index is -0.436. The third-order valence-electron chi connectivity index (χ3n) is 3.23. The second-order valence-electron chi connectivity index (χ2n) is 6.33. The van der Waals surface area contributed by atoms with Crippen LogP contribution in [0.3, 0.4) is 0 Å². The summed E-state index contributed by atoms with van der Waals surface area (Å²) in [6.07, 6.45) is 2.28. The summed E-state index contributed by atoms with van der Waals surface area (Å²) in [6, 6.07) is 0. The van der Waals surface area contributed by atoms with Crippen molar-refractivity contribution in [2.75, 3.05) is 33.2 Å². The van der Waals surface area contributed by atoms with Gasteiger partial charge in [0.05, 0.1) is 6.10 Å². The summed E-state index contributed by atoms with van der Waals surface area (Å²) in [5.74, 6) is 0. The second kappa shape index (κ2) is 7.10. The lowest BCUT2D eigenvalue weighted by molar-refractivity contribution is 0.0288. The maximum atomic E-state index is 11.7. The van der Waals surface area contributed by atoms with Gasteiger partial charge in [-0.25, -0.2) is 4.79 Å². The van der Waals surface area contributed by atoms with Crippen LogP contribution in [-0.2, 0) is 4.74 Å². The van der Waals surface area contributed by atoms with Gasteiger partial charge in [-0.15, -0.1) is 0 Å². The van der Waals surface area contributed by atoms with Crippen molar-refractivity contribution in [1.82, 2.24) is 9.80 Å². The van der Waals surface area contributed by atoms with E-state index >= 15 is 0 Å². The molecule has 0 spiro atoms. The van der Waals surface area contributed by atoms with E-state index in [4.69, 9.17) is 4.74 Å². The molecule has 0 radical (unpaired) electrons. The molecule has 0 aliphatic carbocycles. The Labute approximate surface area is 116 Å². The first-order valence-electron chi connectivity index (χ1n) is 7.12. The number of hydrogen-bond donors (Lipinski definition) is 1. The largest absolute Gasteiger partial charge is 0.444 e. The predicted octanol–water partition coefficient (Wildman–Crippen LogP) is 1.70. The van der Waals surface area contributed by atoms with Crippen LogP contribution in [0.5, 0.6) is 0 Å². The van der Waals surface area contributed by atoms with Crippen LogP contribution >= 0.6 is 0 Å². The molecule has 112 valence electrons. The van der Waals surface area contributed by atoms with Crippen LogP contribution in [0.2, 0.25) is 0 Å². The van der Waals surface area contributed by atoms with E-state index in [9.17, 15) is 9.90 Å². The van der Waals surface area contributed by atoms with E-state index in [0.717, 1.165) is 38.9 Å². The molecule has 1 N–H and O–H groups in total. The molecule has 0 saturated carbocycles. The predicted molar refractivity (Wildman–Crippen MR) is 75.2 cm³/mol. The molecular formula is C14H28N2O3. The number of piperidine rings is 1. The van der Waals surface area contributed by atoms with E-state index in [-0.39, 0.29) is 12.2 Å². The molecule has 5 heteroatoms. The third-order valence-corrected chi connectivity index (χ3v) is 3.23. The Kier molecular flexibility index (Phi) is 6.07. The maximum absolute atomic E-state index is 11.7. The van der Waals surface area contributed by atoms with Gasteiger partial charge in [0.25, 0.3) is 0 Å². The Balaban J connectivity index is 2.16. The molecule has 0 unspecified atom stereocenters. The van der Waals surface area contributed by atoms with E-state index in [1.807, 2.05) is 20.8 Å². The van der Waals surface area contributed by atoms with Gasteiger partial charge in [-0.3, -0.25) is 0 Å². The van der Waals surface area contributed by atoms with Gasteiger partial charge in [0.15, 0.2) is 0 Å². The first-order chi connectivity index (χ1) is 8.78. The number of rotatable bonds is 4. The Morgan fingerprint density at radius 1 is 1.37 bits per heavy atom. The third kappa shape index (κ3) is 6.78. The standard InChI is InChI=1S/C14H28N2O3/c1-14(2,3)19-13(18)15(4)8-5-9-16-10-6-12(17)7-11-16/h12,17H,5-11H2,1-4H3. The number of carbonyl (C=O) groups excluding carboxylic acids is 1. The summed E-state index contributed by atoms with van der Waals surface area (Å²) >= 11 is 0. The SMILES string of the molecule is CN(CCCN1CCC(O)CC1)C(=O)OC(C)(C)C. The summed E-state index contributed by atoms with van der Waals surface area (Å²) < 4.78 is 5.30. The summed E-state index contributed by atoms with van der Waals surface area (Å²) in [5.41, 5.74) is -0.436. The molecule has 0 aromatic carbocycles. The number of hydrogen-bond acceptors (Lipinski definition) is 4. The van der Waals surface area contributed by atoms with Crippen molar-refractivity contribution in [2.24, 2.45) is 0 Å². The molecule has 0 atom stereocenters. The molecule has 1 heterocycles. The van der Waals surface area contributed by atoms with Crippen LogP contribution in [0.25, 0.3) is 0 Å². The lowest BCUT2D eigenvalue weighted by Crippen LogP contribution is -2.39. The molecule has 1 aliphatic heterocycles. The number of likely N-dealkylation sites (tertiary alicyclic amines) is 1. The highest BCUT2D eigenvalue weighted by atomic mass is 16.6. The summed E-state index contributed by atoms with van der Waals surface area (Å²) in [5, 5.41) is 9.43. The van der Waals surface area contributed by atoms with Crippen molar-refractivity contribution in [3.8, 4) is 0 Å². The Morgan fingerprint density at radius 2 is 1.95 bits per heavy atom. The van der Waals surface area contributed by atoms with Crippen LogP contribution in [0.1, 0.15) is 40.0 Å². The smallest absolute Gasteiger partial charge is 0.410 e. The Morgan fingerprint density at radius 3 is 2.47 bits per heavy atom. The van der Waals surface area contributed by atoms with Crippen molar-refractivity contribution in [1.29, 1.82) is 0 Å². The molecule has 1 fully saturated rings. The lowest BCUT2D eigenvalue weighted by atomic mass is 10.1. The zero-order chi connectivity index (χ0) is 14.5. The van der Waals surface area contributed by atoms with Crippen LogP contribution in [0, 0.1) is 0 Å². The summed E-state index contributed by atoms with van der Waals surface area (Å²) in [6.45, 7) is 9.20. The average molecular weight is 272 g/mol. The second-order valence-corrected chi connectivity index (χ2v) is 6.33. The topological polar surface area (TPSA) is 53.0 Å². The molecule has 1 amide bonds. The minimum absolute atomic E-state index is 0.124. The number of ether oxygens (including phenoxy) is 1. The van der Waals surface area contributed by atoms with Gasteiger partial charge in [0.2, 0.25) is 0 Å². The zero-order valence-corrected chi connectivity index (χ0v) is 12.7. The highest BCUT2D eigenvalue weighted by Crippen LogP contribution is 2.11. The van der Waals surface area contributed by atoms with Crippen LogP contribution in [-0.4, -0.2) is 65.9 Å². The molecule has 5 nitrogen and oxygen atoms in total. The number of aliphatic hydroxyl groups excluding tert-OH is 1. The molecular weight excluding hydrogens is 244 g/mol. The highest BCUT2D eigenvalue weighted by Gasteiger charge is 2.20. The van der Waals surface area contributed by atoms with Gasteiger partial charge < -0.3 is 19.6 Å². The van der Waals surface area contributed by atoms with Gasteiger partial charge in [-0.1, -0.05) is 0 Å². The van der Waals surface area contributed by atoms with Crippen molar-refractivity contribution < 1.29 is 14.6 Å². The van der Waals surface area contributed by atoms with Crippen LogP contribution < -0.4 is 0 Å². The van der Waals surface area contributed by atoms with Crippen molar-refractivity contribution in [3.05, 3.63) is 0 Å². The fourth-order valence-electron chi connectivity index (χ4n) is 2.11. The van der Waals surface area contributed by atoms with Crippen molar-refractivity contribution in [2.45, 2.75) is 51.7 Å². The first kappa shape index (κ1) is 16.2. The molecule has 19 heavy (non-hydrogen) atoms. The molecule has 0 bridgehead atoms. The van der Waals surface area contributed by atoms with Crippen LogP contribution in [0.15, 0.2) is 0 Å². The highest BCUT2D eigenvalue weighted by molar-refractivity contribution is 5.67. The average Bonchev–Trinajstić information content (AvgIpc) is 2.29. The van der Waals surface area contributed by atoms with Gasteiger partial charge in [0, 0.05) is 26.7 Å². The molecule has 0 aromatic heterocycles. The van der Waals surface area contributed by atoms with Gasteiger partial charge >= 0.3 is 6.09 Å². The van der Waals surface area contributed by atoms with Gasteiger partial charge in [-0.05, 0) is 46.6 Å². The Hall–Kier alpha value is -0.810. The normalized spacial score (nSPS) is 18.4. The lowest BCUT2D eigenvalue weighted by Gasteiger charge is -2.30. The molecule has 1 aliphatic rings. The first-order valence-corrected chi connectivity index (χ1v) is 7.12. The monoisotopic (exact) mass is 272 g/mol. The summed E-state index contributed by atoms with van der Waals surface area (Å²) in [4.78, 5) is 15.7. The number of nitrogens with zero attached hydrogens (tertiary/aromatic N) is 2. The van der Waals surface area contributed by atoms with E-state index in [1.165, 1.54) is 0 Å². The van der Waals surface area contributed by atoms with Gasteiger partial charge in [-0.2, -0.15) is 0 Å². The van der Waals surface area contributed by atoms with E-state index in [2.05, 4.69) is 4.90 Å². The number of carbonyl (C=O) groups is 1. The zero-order valence-electron chi connectivity index (χ0n) is 12.7. The number of amides is 1. The van der Waals surface area contributed by atoms with E-state index in [1.54, 1.807) is 11.9 Å². The minimum Gasteiger partial charge on any atom is -0.444 e. The fourth-order valence-corrected chi connectivity index (χ4v) is 2.11. The number of aliphatic hydroxyl groups is 1. The maximum Gasteiger partial charge on any atom is 0.410 e. The molecule has 1 saturated heterocycles. The van der Waals surface area contributed by atoms with E-state index < -0.39 is 5.60 Å². The van der Waals surface area contributed by atoms with Crippen LogP contribution in [0.4, 0.5) is 4.79 Å². The van der Waals surface area contributed by atoms with Crippen molar-refractivity contribution >= 4 is 6.09 Å². The quantitative estimate of drug-likeness (QED) is 0.846. The summed E-state index contributed by atoms with van der Waals surface area (Å²) in [7, 11) is 1.77.